The van der Waals surface area contributed by atoms with E-state index in [1.807, 2.05) is 0 Å². The van der Waals surface area contributed by atoms with E-state index in [1.54, 1.807) is 5.38 Å². The average Bonchev–Trinajstić information content (AvgIpc) is 2.74. The summed E-state index contributed by atoms with van der Waals surface area (Å²) in [5, 5.41) is 13.8. The van der Waals surface area contributed by atoms with E-state index in [9.17, 15) is 9.59 Å². The molecule has 2 amide bonds. The predicted molar refractivity (Wildman–Crippen MR) is 62.4 cm³/mol. The van der Waals surface area contributed by atoms with Crippen LogP contribution in [0.15, 0.2) is 5.38 Å². The second-order valence-electron chi connectivity index (χ2n) is 3.29. The lowest BCUT2D eigenvalue weighted by molar-refractivity contribution is -0.125. The Bertz CT molecular complexity index is 407. The zero-order valence-electron chi connectivity index (χ0n) is 9.05. The minimum atomic E-state index is -1.39. The number of nitrogens with zero attached hydrogens (tertiary/aromatic N) is 1. The summed E-state index contributed by atoms with van der Waals surface area (Å²) >= 11 is 1.34. The summed E-state index contributed by atoms with van der Waals surface area (Å²) < 4.78 is 0. The van der Waals surface area contributed by atoms with Gasteiger partial charge in [0.1, 0.15) is 11.8 Å². The molecule has 1 rings (SSSR count). The first kappa shape index (κ1) is 13.6. The van der Waals surface area contributed by atoms with Crippen LogP contribution in [0.2, 0.25) is 0 Å². The molecule has 7 nitrogen and oxygen atoms in total. The van der Waals surface area contributed by atoms with E-state index < -0.39 is 17.9 Å². The maximum atomic E-state index is 11.5. The fraction of sp³-hybridized carbons (Fsp3) is 0.444. The monoisotopic (exact) mass is 258 g/mol. The molecule has 0 aromatic carbocycles. The van der Waals surface area contributed by atoms with Gasteiger partial charge in [-0.1, -0.05) is 0 Å². The van der Waals surface area contributed by atoms with E-state index >= 15 is 0 Å². The lowest BCUT2D eigenvalue weighted by Gasteiger charge is -2.06. The topological polar surface area (TPSA) is 131 Å². The third-order valence-electron chi connectivity index (χ3n) is 1.93. The number of amides is 2. The van der Waals surface area contributed by atoms with Crippen LogP contribution in [-0.2, 0) is 11.2 Å². The van der Waals surface area contributed by atoms with Gasteiger partial charge in [-0.25, -0.2) is 4.98 Å². The number of hydrogen-bond donors (Lipinski definition) is 4. The first-order valence-corrected chi connectivity index (χ1v) is 5.82. The number of aliphatic hydroxyl groups is 1. The van der Waals surface area contributed by atoms with Gasteiger partial charge in [0, 0.05) is 11.8 Å². The van der Waals surface area contributed by atoms with Gasteiger partial charge in [-0.05, 0) is 6.54 Å². The lowest BCUT2D eigenvalue weighted by atomic mass is 10.3. The molecule has 8 heteroatoms. The highest BCUT2D eigenvalue weighted by Crippen LogP contribution is 2.09. The number of rotatable bonds is 6. The fourth-order valence-corrected chi connectivity index (χ4v) is 1.83. The first-order chi connectivity index (χ1) is 8.04. The van der Waals surface area contributed by atoms with Crippen molar-refractivity contribution in [1.29, 1.82) is 0 Å². The van der Waals surface area contributed by atoms with Crippen LogP contribution in [-0.4, -0.2) is 41.1 Å². The summed E-state index contributed by atoms with van der Waals surface area (Å²) in [5.41, 5.74) is 10.4. The van der Waals surface area contributed by atoms with Crippen LogP contribution >= 0.6 is 11.3 Å². The van der Waals surface area contributed by atoms with Crippen LogP contribution in [0.25, 0.3) is 0 Å². The van der Waals surface area contributed by atoms with Crippen molar-refractivity contribution in [2.75, 3.05) is 13.1 Å². The van der Waals surface area contributed by atoms with Crippen LogP contribution in [0.5, 0.6) is 0 Å². The van der Waals surface area contributed by atoms with E-state index in [-0.39, 0.29) is 12.2 Å². The number of aliphatic hydroxyl groups excluding tert-OH is 1. The Morgan fingerprint density at radius 1 is 1.59 bits per heavy atom. The predicted octanol–water partition coefficient (Wildman–Crippen LogP) is -1.78. The summed E-state index contributed by atoms with van der Waals surface area (Å²) in [6, 6.07) is 0. The molecule has 0 aliphatic carbocycles. The van der Waals surface area contributed by atoms with E-state index in [2.05, 4.69) is 10.3 Å². The molecule has 0 aliphatic heterocycles. The number of aromatic nitrogens is 1. The highest BCUT2D eigenvalue weighted by molar-refractivity contribution is 7.09. The summed E-state index contributed by atoms with van der Waals surface area (Å²) in [5.74, 6) is -1.34. The number of carbonyl (C=O) groups excluding carboxylic acids is 2. The Labute approximate surface area is 102 Å². The lowest BCUT2D eigenvalue weighted by Crippen LogP contribution is -2.40. The highest BCUT2D eigenvalue weighted by atomic mass is 32.1. The van der Waals surface area contributed by atoms with Crippen LogP contribution in [0.1, 0.15) is 15.5 Å². The minimum absolute atomic E-state index is 0.224. The second kappa shape index (κ2) is 6.28. The Hall–Kier alpha value is -1.51. The molecule has 0 fully saturated rings. The van der Waals surface area contributed by atoms with Crippen molar-refractivity contribution >= 4 is 23.2 Å². The molecule has 6 N–H and O–H groups in total. The molecule has 0 bridgehead atoms. The summed E-state index contributed by atoms with van der Waals surface area (Å²) in [6.07, 6.45) is -0.775. The molecule has 0 saturated carbocycles. The van der Waals surface area contributed by atoms with Crippen LogP contribution in [0.4, 0.5) is 0 Å². The van der Waals surface area contributed by atoms with Crippen molar-refractivity contribution in [3.63, 3.8) is 0 Å². The SMILES string of the molecule is NCCc1nc(C(=O)NCC(O)C(N)=O)cs1. The van der Waals surface area contributed by atoms with E-state index in [0.29, 0.717) is 13.0 Å². The third kappa shape index (κ3) is 4.10. The number of nitrogens with one attached hydrogen (secondary N) is 1. The Balaban J connectivity index is 2.49. The van der Waals surface area contributed by atoms with Crippen molar-refractivity contribution in [3.8, 4) is 0 Å². The number of nitrogens with two attached hydrogens (primary N) is 2. The molecule has 1 heterocycles. The van der Waals surface area contributed by atoms with Gasteiger partial charge in [-0.3, -0.25) is 9.59 Å². The van der Waals surface area contributed by atoms with Gasteiger partial charge in [0.15, 0.2) is 0 Å². The summed E-state index contributed by atoms with van der Waals surface area (Å²) in [4.78, 5) is 26.1. The molecule has 1 unspecified atom stereocenters. The molecule has 0 radical (unpaired) electrons. The first-order valence-electron chi connectivity index (χ1n) is 4.94. The quantitative estimate of drug-likeness (QED) is 0.479. The number of thiazole rings is 1. The molecule has 0 saturated heterocycles. The molecule has 0 aliphatic rings. The highest BCUT2D eigenvalue weighted by Gasteiger charge is 2.15. The minimum Gasteiger partial charge on any atom is -0.381 e. The molecule has 1 aromatic rings. The van der Waals surface area contributed by atoms with Gasteiger partial charge < -0.3 is 21.9 Å². The third-order valence-corrected chi connectivity index (χ3v) is 2.84. The smallest absolute Gasteiger partial charge is 0.270 e. The number of hydrogen-bond acceptors (Lipinski definition) is 6. The zero-order chi connectivity index (χ0) is 12.8. The van der Waals surface area contributed by atoms with Crippen LogP contribution in [0.3, 0.4) is 0 Å². The summed E-state index contributed by atoms with van der Waals surface area (Å²) in [7, 11) is 0. The van der Waals surface area contributed by atoms with Crippen molar-refractivity contribution in [2.24, 2.45) is 11.5 Å². The van der Waals surface area contributed by atoms with E-state index in [0.717, 1.165) is 5.01 Å². The average molecular weight is 258 g/mol. The Kier molecular flexibility index (Phi) is 5.01. The van der Waals surface area contributed by atoms with Gasteiger partial charge in [-0.15, -0.1) is 11.3 Å². The maximum Gasteiger partial charge on any atom is 0.270 e. The van der Waals surface area contributed by atoms with E-state index in [4.69, 9.17) is 16.6 Å². The molecule has 17 heavy (non-hydrogen) atoms. The van der Waals surface area contributed by atoms with Crippen molar-refractivity contribution < 1.29 is 14.7 Å². The normalized spacial score (nSPS) is 12.1. The molecule has 94 valence electrons. The van der Waals surface area contributed by atoms with E-state index in [1.165, 1.54) is 11.3 Å². The summed E-state index contributed by atoms with van der Waals surface area (Å²) in [6.45, 7) is 0.243. The Morgan fingerprint density at radius 3 is 2.88 bits per heavy atom. The van der Waals surface area contributed by atoms with Gasteiger partial charge in [0.25, 0.3) is 5.91 Å². The Morgan fingerprint density at radius 2 is 2.29 bits per heavy atom. The second-order valence-corrected chi connectivity index (χ2v) is 4.24. The van der Waals surface area contributed by atoms with Crippen molar-refractivity contribution in [2.45, 2.75) is 12.5 Å². The molecular weight excluding hydrogens is 244 g/mol. The zero-order valence-corrected chi connectivity index (χ0v) is 9.87. The largest absolute Gasteiger partial charge is 0.381 e. The van der Waals surface area contributed by atoms with Crippen LogP contribution < -0.4 is 16.8 Å². The van der Waals surface area contributed by atoms with Gasteiger partial charge in [0.05, 0.1) is 11.6 Å². The fourth-order valence-electron chi connectivity index (χ4n) is 1.03. The van der Waals surface area contributed by atoms with Gasteiger partial charge in [-0.2, -0.15) is 0 Å². The standard InChI is InChI=1S/C9H14N4O3S/c10-2-1-7-13-5(4-17-7)9(16)12-3-6(14)8(11)15/h4,6,14H,1-3,10H2,(H2,11,15)(H,12,16). The van der Waals surface area contributed by atoms with Crippen molar-refractivity contribution in [1.82, 2.24) is 10.3 Å². The molecule has 1 aromatic heterocycles. The van der Waals surface area contributed by atoms with Crippen LogP contribution in [0, 0.1) is 0 Å². The van der Waals surface area contributed by atoms with Crippen molar-refractivity contribution in [3.05, 3.63) is 16.1 Å². The van der Waals surface area contributed by atoms with Gasteiger partial charge >= 0.3 is 0 Å². The van der Waals surface area contributed by atoms with Gasteiger partial charge in [0.2, 0.25) is 5.91 Å². The molecular formula is C9H14N4O3S. The maximum absolute atomic E-state index is 11.5. The molecule has 1 atom stereocenters. The number of primary amides is 1. The number of carbonyl (C=O) groups is 2. The molecule has 0 spiro atoms.